The minimum atomic E-state index is -1.01. The fraction of sp³-hybridized carbons (Fsp3) is 0.143. The van der Waals surface area contributed by atoms with E-state index in [4.69, 9.17) is 4.74 Å². The summed E-state index contributed by atoms with van der Waals surface area (Å²) in [5, 5.41) is 12.3. The Morgan fingerprint density at radius 1 is 1.35 bits per heavy atom. The first-order valence-electron chi connectivity index (χ1n) is 5.85. The van der Waals surface area contributed by atoms with Gasteiger partial charge in [-0.25, -0.2) is 4.79 Å². The third-order valence-corrected chi connectivity index (χ3v) is 3.17. The number of halogens is 1. The van der Waals surface area contributed by atoms with Gasteiger partial charge in [-0.1, -0.05) is 12.1 Å². The molecule has 1 heterocycles. The summed E-state index contributed by atoms with van der Waals surface area (Å²) in [7, 11) is 1.54. The van der Waals surface area contributed by atoms with E-state index in [-0.39, 0.29) is 0 Å². The number of aromatic nitrogens is 1. The van der Waals surface area contributed by atoms with E-state index in [1.807, 2.05) is 6.07 Å². The van der Waals surface area contributed by atoms with Crippen LogP contribution in [0.25, 0.3) is 0 Å². The number of carbonyl (C=O) groups is 1. The maximum atomic E-state index is 11.4. The molecule has 0 fully saturated rings. The van der Waals surface area contributed by atoms with Crippen molar-refractivity contribution in [3.05, 3.63) is 52.8 Å². The molecule has 104 valence electrons. The highest BCUT2D eigenvalue weighted by molar-refractivity contribution is 9.10. The Hall–Kier alpha value is -2.08. The first-order valence-corrected chi connectivity index (χ1v) is 6.65. The van der Waals surface area contributed by atoms with Gasteiger partial charge in [-0.3, -0.25) is 4.98 Å². The fourth-order valence-corrected chi connectivity index (χ4v) is 1.97. The van der Waals surface area contributed by atoms with E-state index >= 15 is 0 Å². The van der Waals surface area contributed by atoms with Crippen LogP contribution in [0.5, 0.6) is 5.75 Å². The summed E-state index contributed by atoms with van der Waals surface area (Å²) < 4.78 is 5.99. The molecule has 1 aromatic carbocycles. The molecule has 6 heteroatoms. The second-order valence-corrected chi connectivity index (χ2v) is 4.93. The molecule has 2 aromatic rings. The molecule has 1 atom stereocenters. The van der Waals surface area contributed by atoms with Crippen LogP contribution < -0.4 is 10.1 Å². The van der Waals surface area contributed by atoms with E-state index in [1.165, 1.54) is 7.11 Å². The Kier molecular flexibility index (Phi) is 4.57. The molecule has 0 spiro atoms. The smallest absolute Gasteiger partial charge is 0.332 e. The number of hydrogen-bond donors (Lipinski definition) is 2. The lowest BCUT2D eigenvalue weighted by Crippen LogP contribution is -2.21. The standard InChI is InChI=1S/C14H13BrN2O3/c1-20-12-5-3-2-4-10(12)17-13(14(18)19)11-7-6-9(15)8-16-11/h2-8,13,17H,1H3,(H,18,19). The number of hydrogen-bond acceptors (Lipinski definition) is 4. The van der Waals surface area contributed by atoms with Gasteiger partial charge in [0.05, 0.1) is 18.5 Å². The van der Waals surface area contributed by atoms with Crippen LogP contribution in [0.2, 0.25) is 0 Å². The van der Waals surface area contributed by atoms with Crippen LogP contribution in [-0.2, 0) is 4.79 Å². The van der Waals surface area contributed by atoms with E-state index in [0.717, 1.165) is 4.47 Å². The van der Waals surface area contributed by atoms with Crippen LogP contribution in [0.4, 0.5) is 5.69 Å². The molecule has 5 nitrogen and oxygen atoms in total. The number of ether oxygens (including phenoxy) is 1. The summed E-state index contributed by atoms with van der Waals surface area (Å²) in [6, 6.07) is 9.60. The maximum Gasteiger partial charge on any atom is 0.332 e. The molecule has 1 aromatic heterocycles. The third-order valence-electron chi connectivity index (χ3n) is 2.70. The molecule has 0 saturated carbocycles. The number of benzene rings is 1. The normalized spacial score (nSPS) is 11.7. The van der Waals surface area contributed by atoms with Gasteiger partial charge in [0, 0.05) is 10.7 Å². The Bertz CT molecular complexity index is 602. The van der Waals surface area contributed by atoms with Gasteiger partial charge in [-0.05, 0) is 40.2 Å². The zero-order chi connectivity index (χ0) is 14.5. The van der Waals surface area contributed by atoms with Gasteiger partial charge < -0.3 is 15.2 Å². The second kappa shape index (κ2) is 6.38. The van der Waals surface area contributed by atoms with Crippen LogP contribution in [0, 0.1) is 0 Å². The number of rotatable bonds is 5. The van der Waals surface area contributed by atoms with Crippen molar-refractivity contribution < 1.29 is 14.6 Å². The zero-order valence-electron chi connectivity index (χ0n) is 10.7. The predicted octanol–water partition coefficient (Wildman–Crippen LogP) is 3.09. The number of aliphatic carboxylic acids is 1. The minimum Gasteiger partial charge on any atom is -0.495 e. The average molecular weight is 337 g/mol. The Labute approximate surface area is 124 Å². The zero-order valence-corrected chi connectivity index (χ0v) is 12.3. The molecule has 0 aliphatic heterocycles. The Morgan fingerprint density at radius 3 is 2.70 bits per heavy atom. The van der Waals surface area contributed by atoms with Crippen molar-refractivity contribution in [2.45, 2.75) is 6.04 Å². The van der Waals surface area contributed by atoms with Crippen LogP contribution in [0.15, 0.2) is 47.1 Å². The molecule has 0 amide bonds. The largest absolute Gasteiger partial charge is 0.495 e. The molecular formula is C14H13BrN2O3. The first kappa shape index (κ1) is 14.3. The van der Waals surface area contributed by atoms with Crippen molar-refractivity contribution in [1.82, 2.24) is 4.98 Å². The van der Waals surface area contributed by atoms with Crippen LogP contribution in [0.1, 0.15) is 11.7 Å². The first-order chi connectivity index (χ1) is 9.61. The molecule has 0 aliphatic carbocycles. The summed E-state index contributed by atoms with van der Waals surface area (Å²) in [6.07, 6.45) is 1.56. The lowest BCUT2D eigenvalue weighted by Gasteiger charge is -2.17. The van der Waals surface area contributed by atoms with E-state index in [9.17, 15) is 9.90 Å². The lowest BCUT2D eigenvalue weighted by molar-refractivity contribution is -0.138. The third kappa shape index (κ3) is 3.27. The molecule has 0 radical (unpaired) electrons. The maximum absolute atomic E-state index is 11.4. The summed E-state index contributed by atoms with van der Waals surface area (Å²) in [6.45, 7) is 0. The fourth-order valence-electron chi connectivity index (χ4n) is 1.74. The lowest BCUT2D eigenvalue weighted by atomic mass is 10.1. The highest BCUT2D eigenvalue weighted by Gasteiger charge is 2.22. The van der Waals surface area contributed by atoms with Crippen molar-refractivity contribution in [1.29, 1.82) is 0 Å². The monoisotopic (exact) mass is 336 g/mol. The average Bonchev–Trinajstić information content (AvgIpc) is 2.46. The van der Waals surface area contributed by atoms with Gasteiger partial charge in [0.15, 0.2) is 6.04 Å². The van der Waals surface area contributed by atoms with Crippen molar-refractivity contribution >= 4 is 27.6 Å². The number of para-hydroxylation sites is 2. The minimum absolute atomic E-state index is 0.423. The quantitative estimate of drug-likeness (QED) is 0.877. The van der Waals surface area contributed by atoms with Crippen LogP contribution in [0.3, 0.4) is 0 Å². The Balaban J connectivity index is 2.30. The van der Waals surface area contributed by atoms with Gasteiger partial charge in [-0.15, -0.1) is 0 Å². The molecule has 0 aliphatic rings. The van der Waals surface area contributed by atoms with Crippen molar-refractivity contribution in [2.75, 3.05) is 12.4 Å². The van der Waals surface area contributed by atoms with E-state index in [1.54, 1.807) is 36.5 Å². The molecule has 2 rings (SSSR count). The number of pyridine rings is 1. The predicted molar refractivity (Wildman–Crippen MR) is 78.9 cm³/mol. The summed E-state index contributed by atoms with van der Waals surface area (Å²) in [5.41, 5.74) is 1.03. The van der Waals surface area contributed by atoms with Gasteiger partial charge >= 0.3 is 5.97 Å². The summed E-state index contributed by atoms with van der Waals surface area (Å²) >= 11 is 3.27. The van der Waals surface area contributed by atoms with Crippen molar-refractivity contribution in [3.8, 4) is 5.75 Å². The number of anilines is 1. The highest BCUT2D eigenvalue weighted by atomic mass is 79.9. The summed E-state index contributed by atoms with van der Waals surface area (Å²) in [4.78, 5) is 15.6. The summed E-state index contributed by atoms with van der Waals surface area (Å²) in [5.74, 6) is -0.429. The molecule has 0 bridgehead atoms. The van der Waals surface area contributed by atoms with Crippen molar-refractivity contribution in [3.63, 3.8) is 0 Å². The SMILES string of the molecule is COc1ccccc1NC(C(=O)O)c1ccc(Br)cn1. The van der Waals surface area contributed by atoms with Gasteiger partial charge in [0.25, 0.3) is 0 Å². The molecular weight excluding hydrogens is 324 g/mol. The number of nitrogens with one attached hydrogen (secondary N) is 1. The highest BCUT2D eigenvalue weighted by Crippen LogP contribution is 2.27. The number of nitrogens with zero attached hydrogens (tertiary/aromatic N) is 1. The van der Waals surface area contributed by atoms with Crippen LogP contribution in [-0.4, -0.2) is 23.2 Å². The number of carboxylic acid groups (broad SMARTS) is 1. The second-order valence-electron chi connectivity index (χ2n) is 4.02. The van der Waals surface area contributed by atoms with Gasteiger partial charge in [-0.2, -0.15) is 0 Å². The van der Waals surface area contributed by atoms with E-state index in [2.05, 4.69) is 26.2 Å². The van der Waals surface area contributed by atoms with Gasteiger partial charge in [0.1, 0.15) is 5.75 Å². The molecule has 1 unspecified atom stereocenters. The molecule has 2 N–H and O–H groups in total. The van der Waals surface area contributed by atoms with Gasteiger partial charge in [0.2, 0.25) is 0 Å². The Morgan fingerprint density at radius 2 is 2.10 bits per heavy atom. The number of carboxylic acids is 1. The molecule has 20 heavy (non-hydrogen) atoms. The van der Waals surface area contributed by atoms with E-state index in [0.29, 0.717) is 17.1 Å². The topological polar surface area (TPSA) is 71.5 Å². The number of methoxy groups -OCH3 is 1. The van der Waals surface area contributed by atoms with E-state index < -0.39 is 12.0 Å². The van der Waals surface area contributed by atoms with Crippen molar-refractivity contribution in [2.24, 2.45) is 0 Å². The van der Waals surface area contributed by atoms with Crippen LogP contribution >= 0.6 is 15.9 Å². The molecule has 0 saturated heterocycles.